The molecule has 0 radical (unpaired) electrons. The van der Waals surface area contributed by atoms with Crippen molar-refractivity contribution in [3.05, 3.63) is 22.2 Å². The molecule has 0 fully saturated rings. The van der Waals surface area contributed by atoms with Gasteiger partial charge in [-0.25, -0.2) is 9.97 Å². The molecule has 0 aliphatic rings. The predicted octanol–water partition coefficient (Wildman–Crippen LogP) is 3.90. The summed E-state index contributed by atoms with van der Waals surface area (Å²) in [5.74, 6) is 1.35. The Labute approximate surface area is 97.1 Å². The monoisotopic (exact) mass is 226 g/mol. The molecular weight excluding hydrogens is 208 g/mol. The first-order valence-corrected chi connectivity index (χ1v) is 6.04. The minimum absolute atomic E-state index is 0.438. The van der Waals surface area contributed by atoms with Crippen molar-refractivity contribution < 1.29 is 0 Å². The predicted molar refractivity (Wildman–Crippen MR) is 64.5 cm³/mol. The number of nitrogens with zero attached hydrogens (tertiary/aromatic N) is 2. The zero-order valence-electron chi connectivity index (χ0n) is 9.97. The van der Waals surface area contributed by atoms with Crippen LogP contribution in [-0.4, -0.2) is 9.97 Å². The number of aromatic nitrogens is 2. The van der Waals surface area contributed by atoms with E-state index in [1.165, 1.54) is 0 Å². The van der Waals surface area contributed by atoms with Crippen molar-refractivity contribution in [1.82, 2.24) is 9.97 Å². The molecule has 1 heterocycles. The van der Waals surface area contributed by atoms with Crippen LogP contribution < -0.4 is 0 Å². The summed E-state index contributed by atoms with van der Waals surface area (Å²) >= 11 is 6.10. The highest BCUT2D eigenvalue weighted by Gasteiger charge is 2.14. The molecule has 0 saturated carbocycles. The summed E-state index contributed by atoms with van der Waals surface area (Å²) in [5, 5.41) is 0.615. The molecular formula is C12H19ClN2. The lowest BCUT2D eigenvalue weighted by molar-refractivity contribution is 0.596. The molecule has 0 atom stereocenters. The van der Waals surface area contributed by atoms with E-state index < -0.39 is 0 Å². The summed E-state index contributed by atoms with van der Waals surface area (Å²) in [6.07, 6.45) is 3.05. The maximum atomic E-state index is 6.10. The molecule has 3 heteroatoms. The lowest BCUT2D eigenvalue weighted by Gasteiger charge is -2.13. The Hall–Kier alpha value is -0.630. The largest absolute Gasteiger partial charge is 0.237 e. The maximum Gasteiger partial charge on any atom is 0.135 e. The van der Waals surface area contributed by atoms with Gasteiger partial charge in [-0.3, -0.25) is 0 Å². The molecule has 1 aromatic rings. The number of hydrogen-bond acceptors (Lipinski definition) is 2. The van der Waals surface area contributed by atoms with E-state index in [1.54, 1.807) is 0 Å². The van der Waals surface area contributed by atoms with Gasteiger partial charge >= 0.3 is 0 Å². The molecule has 0 unspecified atom stereocenters. The lowest BCUT2D eigenvalue weighted by Crippen LogP contribution is -2.07. The maximum absolute atomic E-state index is 6.10. The summed E-state index contributed by atoms with van der Waals surface area (Å²) in [4.78, 5) is 8.98. The van der Waals surface area contributed by atoms with Crippen molar-refractivity contribution in [1.29, 1.82) is 0 Å². The second-order valence-corrected chi connectivity index (χ2v) is 4.17. The van der Waals surface area contributed by atoms with E-state index in [2.05, 4.69) is 30.7 Å². The Morgan fingerprint density at radius 1 is 1.13 bits per heavy atom. The Bertz CT molecular complexity index is 333. The quantitative estimate of drug-likeness (QED) is 0.728. The van der Waals surface area contributed by atoms with Gasteiger partial charge in [0.15, 0.2) is 0 Å². The standard InChI is InChI=1S/C12H19ClN2/c1-5-9(6-2)12-14-10(7-3)8(4)11(13)15-12/h9H,5-7H2,1-4H3. The van der Waals surface area contributed by atoms with Crippen LogP contribution in [0.4, 0.5) is 0 Å². The van der Waals surface area contributed by atoms with Crippen LogP contribution in [0.3, 0.4) is 0 Å². The van der Waals surface area contributed by atoms with E-state index in [0.717, 1.165) is 36.3 Å². The molecule has 1 rings (SSSR count). The van der Waals surface area contributed by atoms with E-state index in [0.29, 0.717) is 11.1 Å². The molecule has 15 heavy (non-hydrogen) atoms. The third kappa shape index (κ3) is 2.69. The van der Waals surface area contributed by atoms with Gasteiger partial charge in [0, 0.05) is 17.2 Å². The number of aryl methyl sites for hydroxylation is 1. The van der Waals surface area contributed by atoms with Gasteiger partial charge in [-0.1, -0.05) is 32.4 Å². The van der Waals surface area contributed by atoms with Crippen LogP contribution in [0.5, 0.6) is 0 Å². The number of rotatable bonds is 4. The van der Waals surface area contributed by atoms with Gasteiger partial charge in [0.25, 0.3) is 0 Å². The first-order valence-electron chi connectivity index (χ1n) is 5.66. The fraction of sp³-hybridized carbons (Fsp3) is 0.667. The molecule has 0 amide bonds. The van der Waals surface area contributed by atoms with Crippen LogP contribution >= 0.6 is 11.6 Å². The summed E-state index contributed by atoms with van der Waals surface area (Å²) < 4.78 is 0. The molecule has 0 aliphatic heterocycles. The molecule has 0 spiro atoms. The van der Waals surface area contributed by atoms with Crippen molar-refractivity contribution >= 4 is 11.6 Å². The molecule has 84 valence electrons. The highest BCUT2D eigenvalue weighted by atomic mass is 35.5. The highest BCUT2D eigenvalue weighted by Crippen LogP contribution is 2.24. The Balaban J connectivity index is 3.15. The lowest BCUT2D eigenvalue weighted by atomic mass is 10.0. The van der Waals surface area contributed by atoms with E-state index in [-0.39, 0.29) is 0 Å². The van der Waals surface area contributed by atoms with Crippen molar-refractivity contribution in [3.8, 4) is 0 Å². The number of hydrogen-bond donors (Lipinski definition) is 0. The van der Waals surface area contributed by atoms with Gasteiger partial charge in [-0.2, -0.15) is 0 Å². The fourth-order valence-electron chi connectivity index (χ4n) is 1.73. The molecule has 0 N–H and O–H groups in total. The van der Waals surface area contributed by atoms with Crippen molar-refractivity contribution in [2.45, 2.75) is 52.9 Å². The van der Waals surface area contributed by atoms with Gasteiger partial charge in [-0.05, 0) is 26.2 Å². The van der Waals surface area contributed by atoms with E-state index in [4.69, 9.17) is 11.6 Å². The van der Waals surface area contributed by atoms with Crippen LogP contribution in [0.15, 0.2) is 0 Å². The van der Waals surface area contributed by atoms with Crippen LogP contribution in [-0.2, 0) is 6.42 Å². The van der Waals surface area contributed by atoms with E-state index in [9.17, 15) is 0 Å². The molecule has 1 aromatic heterocycles. The average Bonchev–Trinajstić information content (AvgIpc) is 2.24. The topological polar surface area (TPSA) is 25.8 Å². The summed E-state index contributed by atoms with van der Waals surface area (Å²) in [7, 11) is 0. The number of halogens is 1. The second kappa shape index (κ2) is 5.45. The zero-order chi connectivity index (χ0) is 11.4. The summed E-state index contributed by atoms with van der Waals surface area (Å²) in [5.41, 5.74) is 2.10. The second-order valence-electron chi connectivity index (χ2n) is 3.81. The van der Waals surface area contributed by atoms with Crippen LogP contribution in [0.2, 0.25) is 5.15 Å². The van der Waals surface area contributed by atoms with E-state index >= 15 is 0 Å². The Morgan fingerprint density at radius 3 is 2.20 bits per heavy atom. The minimum atomic E-state index is 0.438. The van der Waals surface area contributed by atoms with Gasteiger partial charge < -0.3 is 0 Å². The van der Waals surface area contributed by atoms with Crippen molar-refractivity contribution in [3.63, 3.8) is 0 Å². The fourth-order valence-corrected chi connectivity index (χ4v) is 1.93. The Kier molecular flexibility index (Phi) is 4.52. The smallest absolute Gasteiger partial charge is 0.135 e. The molecule has 2 nitrogen and oxygen atoms in total. The van der Waals surface area contributed by atoms with Gasteiger partial charge in [0.05, 0.1) is 0 Å². The van der Waals surface area contributed by atoms with Crippen LogP contribution in [0.25, 0.3) is 0 Å². The summed E-state index contributed by atoms with van der Waals surface area (Å²) in [6, 6.07) is 0. The van der Waals surface area contributed by atoms with Crippen molar-refractivity contribution in [2.75, 3.05) is 0 Å². The van der Waals surface area contributed by atoms with E-state index in [1.807, 2.05) is 6.92 Å². The highest BCUT2D eigenvalue weighted by molar-refractivity contribution is 6.30. The van der Waals surface area contributed by atoms with Gasteiger partial charge in [0.2, 0.25) is 0 Å². The van der Waals surface area contributed by atoms with Crippen LogP contribution in [0.1, 0.15) is 56.6 Å². The summed E-state index contributed by atoms with van der Waals surface area (Å²) in [6.45, 7) is 8.41. The SMILES string of the molecule is CCc1nc(C(CC)CC)nc(Cl)c1C. The molecule has 0 aromatic carbocycles. The first kappa shape index (κ1) is 12.4. The average molecular weight is 227 g/mol. The van der Waals surface area contributed by atoms with Gasteiger partial charge in [-0.15, -0.1) is 0 Å². The molecule has 0 bridgehead atoms. The van der Waals surface area contributed by atoms with Crippen LogP contribution in [0, 0.1) is 6.92 Å². The van der Waals surface area contributed by atoms with Gasteiger partial charge in [0.1, 0.15) is 11.0 Å². The van der Waals surface area contributed by atoms with Crippen molar-refractivity contribution in [2.24, 2.45) is 0 Å². The first-order chi connectivity index (χ1) is 7.13. The normalized spacial score (nSPS) is 11.1. The minimum Gasteiger partial charge on any atom is -0.237 e. The molecule has 0 aliphatic carbocycles. The molecule has 0 saturated heterocycles. The Morgan fingerprint density at radius 2 is 1.73 bits per heavy atom. The third-order valence-electron chi connectivity index (χ3n) is 2.89. The third-order valence-corrected chi connectivity index (χ3v) is 3.26. The zero-order valence-corrected chi connectivity index (χ0v) is 10.7.